The van der Waals surface area contributed by atoms with Gasteiger partial charge in [-0.15, -0.1) is 0 Å². The molecule has 0 aromatic heterocycles. The van der Waals surface area contributed by atoms with E-state index in [1.807, 2.05) is 7.05 Å². The van der Waals surface area contributed by atoms with Crippen LogP contribution in [0.5, 0.6) is 0 Å². The first-order chi connectivity index (χ1) is 9.29. The van der Waals surface area contributed by atoms with Crippen molar-refractivity contribution >= 4 is 18.0 Å². The van der Waals surface area contributed by atoms with E-state index in [1.54, 1.807) is 7.05 Å². The number of rotatable bonds is 6. The molecule has 1 heterocycles. The van der Waals surface area contributed by atoms with E-state index in [4.69, 9.17) is 10.2 Å². The summed E-state index contributed by atoms with van der Waals surface area (Å²) in [7, 11) is 3.58. The Morgan fingerprint density at radius 3 is 2.50 bits per heavy atom. The van der Waals surface area contributed by atoms with Crippen molar-refractivity contribution in [2.24, 2.45) is 5.92 Å². The van der Waals surface area contributed by atoms with Gasteiger partial charge in [0.05, 0.1) is 6.42 Å². The molecule has 20 heavy (non-hydrogen) atoms. The minimum atomic E-state index is -1.41. The van der Waals surface area contributed by atoms with Crippen molar-refractivity contribution in [2.45, 2.75) is 18.9 Å². The smallest absolute Gasteiger partial charge is 0.326 e. The van der Waals surface area contributed by atoms with Crippen LogP contribution in [0.4, 0.5) is 4.79 Å². The molecule has 0 aromatic carbocycles. The van der Waals surface area contributed by atoms with Crippen LogP contribution >= 0.6 is 0 Å². The third kappa shape index (κ3) is 5.04. The van der Waals surface area contributed by atoms with Crippen LogP contribution < -0.4 is 5.32 Å². The molecule has 0 radical (unpaired) electrons. The van der Waals surface area contributed by atoms with Crippen LogP contribution in [-0.4, -0.2) is 77.8 Å². The van der Waals surface area contributed by atoms with Gasteiger partial charge < -0.3 is 25.3 Å². The molecule has 1 aliphatic rings. The molecule has 1 unspecified atom stereocenters. The van der Waals surface area contributed by atoms with Crippen molar-refractivity contribution in [1.29, 1.82) is 0 Å². The fourth-order valence-electron chi connectivity index (χ4n) is 2.28. The molecule has 2 amide bonds. The summed E-state index contributed by atoms with van der Waals surface area (Å²) in [6.07, 6.45) is 0.354. The Kier molecular flexibility index (Phi) is 5.75. The monoisotopic (exact) mass is 287 g/mol. The highest BCUT2D eigenvalue weighted by molar-refractivity contribution is 5.86. The lowest BCUT2D eigenvalue weighted by Gasteiger charge is -2.23. The predicted molar refractivity (Wildman–Crippen MR) is 70.4 cm³/mol. The van der Waals surface area contributed by atoms with Gasteiger partial charge in [0.15, 0.2) is 0 Å². The number of urea groups is 1. The van der Waals surface area contributed by atoms with Crippen LogP contribution in [0.15, 0.2) is 0 Å². The van der Waals surface area contributed by atoms with Crippen LogP contribution in [0.1, 0.15) is 12.8 Å². The molecular weight excluding hydrogens is 266 g/mol. The van der Waals surface area contributed by atoms with Crippen molar-refractivity contribution in [2.75, 3.05) is 33.7 Å². The van der Waals surface area contributed by atoms with Gasteiger partial charge in [0, 0.05) is 20.1 Å². The lowest BCUT2D eigenvalue weighted by Crippen LogP contribution is -2.48. The standard InChI is InChI=1S/C12H21N3O5/c1-14-4-3-8(6-14)7-15(2)12(20)13-9(11(18)19)5-10(16)17/h8-9H,3-7H2,1-2H3,(H,13,20)(H,16,17)(H,18,19)/t8?,9-/m1/s1. The molecule has 8 nitrogen and oxygen atoms in total. The van der Waals surface area contributed by atoms with E-state index in [0.717, 1.165) is 19.5 Å². The minimum absolute atomic E-state index is 0.360. The average Bonchev–Trinajstić information content (AvgIpc) is 2.72. The Morgan fingerprint density at radius 1 is 1.40 bits per heavy atom. The number of nitrogens with one attached hydrogen (secondary N) is 1. The van der Waals surface area contributed by atoms with E-state index in [-0.39, 0.29) is 0 Å². The summed E-state index contributed by atoms with van der Waals surface area (Å²) in [5.74, 6) is -2.26. The third-order valence-electron chi connectivity index (χ3n) is 3.34. The molecule has 0 spiro atoms. The Labute approximate surface area is 117 Å². The molecule has 0 aliphatic carbocycles. The van der Waals surface area contributed by atoms with Crippen molar-refractivity contribution in [3.8, 4) is 0 Å². The number of carboxylic acid groups (broad SMARTS) is 2. The number of carbonyl (C=O) groups is 3. The van der Waals surface area contributed by atoms with Crippen molar-refractivity contribution < 1.29 is 24.6 Å². The first-order valence-corrected chi connectivity index (χ1v) is 6.44. The first-order valence-electron chi connectivity index (χ1n) is 6.44. The maximum absolute atomic E-state index is 11.9. The van der Waals surface area contributed by atoms with E-state index in [9.17, 15) is 14.4 Å². The van der Waals surface area contributed by atoms with Crippen LogP contribution in [0, 0.1) is 5.92 Å². The second kappa shape index (κ2) is 7.09. The van der Waals surface area contributed by atoms with Gasteiger partial charge >= 0.3 is 18.0 Å². The topological polar surface area (TPSA) is 110 Å². The molecule has 8 heteroatoms. The van der Waals surface area contributed by atoms with Gasteiger partial charge in [-0.3, -0.25) is 4.79 Å². The van der Waals surface area contributed by atoms with E-state index in [2.05, 4.69) is 10.2 Å². The number of likely N-dealkylation sites (tertiary alicyclic amines) is 1. The zero-order valence-corrected chi connectivity index (χ0v) is 11.7. The number of hydrogen-bond acceptors (Lipinski definition) is 4. The lowest BCUT2D eigenvalue weighted by atomic mass is 10.1. The Hall–Kier alpha value is -1.83. The molecule has 0 aromatic rings. The third-order valence-corrected chi connectivity index (χ3v) is 3.34. The van der Waals surface area contributed by atoms with Crippen LogP contribution in [0.2, 0.25) is 0 Å². The average molecular weight is 287 g/mol. The highest BCUT2D eigenvalue weighted by Gasteiger charge is 2.26. The minimum Gasteiger partial charge on any atom is -0.481 e. The summed E-state index contributed by atoms with van der Waals surface area (Å²) in [4.78, 5) is 36.8. The fraction of sp³-hybridized carbons (Fsp3) is 0.750. The summed E-state index contributed by atoms with van der Waals surface area (Å²) in [5.41, 5.74) is 0. The second-order valence-corrected chi connectivity index (χ2v) is 5.24. The van der Waals surface area contributed by atoms with Gasteiger partial charge in [0.25, 0.3) is 0 Å². The number of carboxylic acids is 2. The van der Waals surface area contributed by atoms with Crippen molar-refractivity contribution in [3.05, 3.63) is 0 Å². The van der Waals surface area contributed by atoms with E-state index >= 15 is 0 Å². The summed E-state index contributed by atoms with van der Waals surface area (Å²) in [5, 5.41) is 19.7. The van der Waals surface area contributed by atoms with Gasteiger partial charge in [0.2, 0.25) is 0 Å². The largest absolute Gasteiger partial charge is 0.481 e. The highest BCUT2D eigenvalue weighted by Crippen LogP contribution is 2.15. The number of amides is 2. The van der Waals surface area contributed by atoms with Crippen LogP contribution in [0.3, 0.4) is 0 Å². The molecule has 3 N–H and O–H groups in total. The molecule has 0 bridgehead atoms. The van der Waals surface area contributed by atoms with E-state index < -0.39 is 30.4 Å². The molecule has 1 saturated heterocycles. The van der Waals surface area contributed by atoms with E-state index in [1.165, 1.54) is 4.90 Å². The second-order valence-electron chi connectivity index (χ2n) is 5.24. The molecule has 2 atom stereocenters. The Balaban J connectivity index is 2.46. The maximum atomic E-state index is 11.9. The molecule has 114 valence electrons. The zero-order chi connectivity index (χ0) is 15.3. The lowest BCUT2D eigenvalue weighted by molar-refractivity contribution is -0.145. The first kappa shape index (κ1) is 16.2. The highest BCUT2D eigenvalue weighted by atomic mass is 16.4. The van der Waals surface area contributed by atoms with Crippen molar-refractivity contribution in [1.82, 2.24) is 15.1 Å². The maximum Gasteiger partial charge on any atom is 0.326 e. The SMILES string of the molecule is CN1CCC(CN(C)C(=O)N[C@H](CC(=O)O)C(=O)O)C1. The van der Waals surface area contributed by atoms with Gasteiger partial charge in [-0.05, 0) is 25.9 Å². The summed E-state index contributed by atoms with van der Waals surface area (Å²) < 4.78 is 0. The van der Waals surface area contributed by atoms with Gasteiger partial charge in [0.1, 0.15) is 6.04 Å². The summed E-state index contributed by atoms with van der Waals surface area (Å²) in [6, 6.07) is -1.97. The molecule has 1 rings (SSSR count). The van der Waals surface area contributed by atoms with Gasteiger partial charge in [-0.1, -0.05) is 0 Å². The number of carbonyl (C=O) groups excluding carboxylic acids is 1. The summed E-state index contributed by atoms with van der Waals surface area (Å²) in [6.45, 7) is 2.40. The molecule has 1 fully saturated rings. The Bertz CT molecular complexity index is 387. The molecule has 0 saturated carbocycles. The quantitative estimate of drug-likeness (QED) is 0.608. The predicted octanol–water partition coefficient (Wildman–Crippen LogP) is -0.493. The van der Waals surface area contributed by atoms with Crippen LogP contribution in [-0.2, 0) is 9.59 Å². The van der Waals surface area contributed by atoms with E-state index in [0.29, 0.717) is 12.5 Å². The number of aliphatic carboxylic acids is 2. The van der Waals surface area contributed by atoms with Crippen molar-refractivity contribution in [3.63, 3.8) is 0 Å². The fourth-order valence-corrected chi connectivity index (χ4v) is 2.28. The molecule has 1 aliphatic heterocycles. The Morgan fingerprint density at radius 2 is 2.05 bits per heavy atom. The van der Waals surface area contributed by atoms with Gasteiger partial charge in [-0.25, -0.2) is 9.59 Å². The summed E-state index contributed by atoms with van der Waals surface area (Å²) >= 11 is 0. The molecular formula is C12H21N3O5. The number of nitrogens with zero attached hydrogens (tertiary/aromatic N) is 2. The number of hydrogen-bond donors (Lipinski definition) is 3. The van der Waals surface area contributed by atoms with Crippen LogP contribution in [0.25, 0.3) is 0 Å². The zero-order valence-electron chi connectivity index (χ0n) is 11.7. The normalized spacial score (nSPS) is 20.4. The van der Waals surface area contributed by atoms with Gasteiger partial charge in [-0.2, -0.15) is 0 Å².